The minimum Gasteiger partial charge on any atom is -0.391 e. The molecule has 0 aromatic carbocycles. The topological polar surface area (TPSA) is 53.7 Å². The minimum absolute atomic E-state index is 0.247. The lowest BCUT2D eigenvalue weighted by molar-refractivity contribution is 0.154. The fourth-order valence-electron chi connectivity index (χ4n) is 2.60. The lowest BCUT2D eigenvalue weighted by Crippen LogP contribution is -2.38. The van der Waals surface area contributed by atoms with E-state index in [0.717, 1.165) is 36.4 Å². The quantitative estimate of drug-likeness (QED) is 0.895. The zero-order valence-electron chi connectivity index (χ0n) is 11.5. The zero-order valence-corrected chi connectivity index (χ0v) is 11.5. The molecule has 0 radical (unpaired) electrons. The highest BCUT2D eigenvalue weighted by Crippen LogP contribution is 2.25. The number of aromatic nitrogens is 3. The molecule has 1 aliphatic heterocycles. The van der Waals surface area contributed by atoms with Gasteiger partial charge in [0.1, 0.15) is 5.52 Å². The number of rotatable bonds is 2. The molecule has 5 nitrogen and oxygen atoms in total. The number of β-amino-alcohol motifs (C(OH)–C–C–N with tert-alkyl or cyclic N) is 1. The molecule has 0 unspecified atom stereocenters. The predicted molar refractivity (Wildman–Crippen MR) is 74.5 cm³/mol. The number of aliphatic hydroxyl groups is 1. The van der Waals surface area contributed by atoms with E-state index in [1.54, 1.807) is 6.20 Å². The van der Waals surface area contributed by atoms with E-state index in [0.29, 0.717) is 12.5 Å². The van der Waals surface area contributed by atoms with Gasteiger partial charge >= 0.3 is 0 Å². The van der Waals surface area contributed by atoms with Crippen molar-refractivity contribution in [1.29, 1.82) is 0 Å². The molecular formula is C14H20N4O. The molecule has 0 amide bonds. The van der Waals surface area contributed by atoms with Crippen molar-refractivity contribution in [2.24, 2.45) is 0 Å². The van der Waals surface area contributed by atoms with Crippen LogP contribution in [0.1, 0.15) is 38.3 Å². The van der Waals surface area contributed by atoms with E-state index >= 15 is 0 Å². The Bertz CT molecular complexity index is 578. The summed E-state index contributed by atoms with van der Waals surface area (Å²) in [5.74, 6) is 1.33. The first-order valence-corrected chi connectivity index (χ1v) is 6.92. The number of piperidine rings is 1. The van der Waals surface area contributed by atoms with Gasteiger partial charge in [0.15, 0.2) is 5.82 Å². The van der Waals surface area contributed by atoms with Gasteiger partial charge in [0.2, 0.25) is 0 Å². The van der Waals surface area contributed by atoms with E-state index in [4.69, 9.17) is 0 Å². The fraction of sp³-hybridized carbons (Fsp3) is 0.571. The standard InChI is InChI=1S/C14H20N4O/c1-10(2)12-8-13-14(15-5-7-18(13)16-12)17-6-3-4-11(19)9-17/h5,7-8,10-11,19H,3-4,6,9H2,1-2H3/t11-/m0/s1. The number of hydrogen-bond acceptors (Lipinski definition) is 4. The Morgan fingerprint density at radius 3 is 3.00 bits per heavy atom. The number of fused-ring (bicyclic) bond motifs is 1. The summed E-state index contributed by atoms with van der Waals surface area (Å²) in [7, 11) is 0. The van der Waals surface area contributed by atoms with Gasteiger partial charge in [-0.2, -0.15) is 5.10 Å². The third-order valence-electron chi connectivity index (χ3n) is 3.68. The SMILES string of the molecule is CC(C)c1cc2c(N3CCC[C@H](O)C3)nccn2n1. The highest BCUT2D eigenvalue weighted by atomic mass is 16.3. The molecule has 0 bridgehead atoms. The first-order valence-electron chi connectivity index (χ1n) is 6.92. The molecule has 19 heavy (non-hydrogen) atoms. The van der Waals surface area contributed by atoms with Crippen molar-refractivity contribution < 1.29 is 5.11 Å². The highest BCUT2D eigenvalue weighted by Gasteiger charge is 2.21. The second-order valence-corrected chi connectivity index (χ2v) is 5.55. The highest BCUT2D eigenvalue weighted by molar-refractivity contribution is 5.69. The summed E-state index contributed by atoms with van der Waals surface area (Å²) in [4.78, 5) is 6.65. The maximum atomic E-state index is 9.81. The predicted octanol–water partition coefficient (Wildman–Crippen LogP) is 1.81. The smallest absolute Gasteiger partial charge is 0.154 e. The average molecular weight is 260 g/mol. The Balaban J connectivity index is 2.02. The van der Waals surface area contributed by atoms with Crippen molar-refractivity contribution in [3.8, 4) is 0 Å². The molecular weight excluding hydrogens is 240 g/mol. The van der Waals surface area contributed by atoms with Gasteiger partial charge in [-0.15, -0.1) is 0 Å². The Labute approximate surface area is 112 Å². The van der Waals surface area contributed by atoms with Crippen LogP contribution in [0.25, 0.3) is 5.52 Å². The third kappa shape index (κ3) is 2.30. The first kappa shape index (κ1) is 12.4. The first-order chi connectivity index (χ1) is 9.15. The van der Waals surface area contributed by atoms with Gasteiger partial charge < -0.3 is 10.0 Å². The zero-order chi connectivity index (χ0) is 13.4. The maximum absolute atomic E-state index is 9.81. The van der Waals surface area contributed by atoms with Crippen molar-refractivity contribution in [3.63, 3.8) is 0 Å². The molecule has 1 atom stereocenters. The van der Waals surface area contributed by atoms with Crippen LogP contribution < -0.4 is 4.90 Å². The number of aliphatic hydroxyl groups excluding tert-OH is 1. The summed E-state index contributed by atoms with van der Waals surface area (Å²) in [6.45, 7) is 5.89. The molecule has 5 heteroatoms. The largest absolute Gasteiger partial charge is 0.391 e. The van der Waals surface area contributed by atoms with Gasteiger partial charge in [-0.1, -0.05) is 13.8 Å². The van der Waals surface area contributed by atoms with Crippen LogP contribution in [0, 0.1) is 0 Å². The number of anilines is 1. The molecule has 1 aliphatic rings. The molecule has 1 fully saturated rings. The fourth-order valence-corrected chi connectivity index (χ4v) is 2.60. The Morgan fingerprint density at radius 2 is 2.26 bits per heavy atom. The van der Waals surface area contributed by atoms with Gasteiger partial charge in [-0.25, -0.2) is 9.50 Å². The molecule has 102 valence electrons. The summed E-state index contributed by atoms with van der Waals surface area (Å²) in [6.07, 6.45) is 5.31. The lowest BCUT2D eigenvalue weighted by atomic mass is 10.1. The summed E-state index contributed by atoms with van der Waals surface area (Å²) >= 11 is 0. The summed E-state index contributed by atoms with van der Waals surface area (Å²) < 4.78 is 1.89. The number of hydrogen-bond donors (Lipinski definition) is 1. The summed E-state index contributed by atoms with van der Waals surface area (Å²) in [6, 6.07) is 2.11. The summed E-state index contributed by atoms with van der Waals surface area (Å²) in [5, 5.41) is 14.4. The van der Waals surface area contributed by atoms with Crippen LogP contribution in [0.2, 0.25) is 0 Å². The van der Waals surface area contributed by atoms with Crippen LogP contribution in [0.4, 0.5) is 5.82 Å². The van der Waals surface area contributed by atoms with E-state index in [2.05, 4.69) is 34.9 Å². The molecule has 1 saturated heterocycles. The van der Waals surface area contributed by atoms with Crippen molar-refractivity contribution in [3.05, 3.63) is 24.2 Å². The van der Waals surface area contributed by atoms with Crippen LogP contribution in [0.3, 0.4) is 0 Å². The van der Waals surface area contributed by atoms with Gasteiger partial charge in [-0.05, 0) is 24.8 Å². The molecule has 2 aromatic rings. The molecule has 2 aromatic heterocycles. The van der Waals surface area contributed by atoms with Crippen LogP contribution >= 0.6 is 0 Å². The van der Waals surface area contributed by atoms with Crippen LogP contribution in [-0.4, -0.2) is 38.9 Å². The van der Waals surface area contributed by atoms with E-state index in [1.165, 1.54) is 0 Å². The second-order valence-electron chi connectivity index (χ2n) is 5.55. The van der Waals surface area contributed by atoms with Crippen molar-refractivity contribution in [1.82, 2.24) is 14.6 Å². The van der Waals surface area contributed by atoms with Crippen LogP contribution in [-0.2, 0) is 0 Å². The van der Waals surface area contributed by atoms with E-state index in [9.17, 15) is 5.11 Å². The monoisotopic (exact) mass is 260 g/mol. The molecule has 0 spiro atoms. The average Bonchev–Trinajstić information content (AvgIpc) is 2.82. The van der Waals surface area contributed by atoms with Crippen molar-refractivity contribution in [2.45, 2.75) is 38.7 Å². The van der Waals surface area contributed by atoms with Crippen molar-refractivity contribution in [2.75, 3.05) is 18.0 Å². The van der Waals surface area contributed by atoms with E-state index in [-0.39, 0.29) is 6.10 Å². The van der Waals surface area contributed by atoms with Gasteiger partial charge in [0, 0.05) is 25.5 Å². The second kappa shape index (κ2) is 4.81. The normalized spacial score (nSPS) is 20.4. The Kier molecular flexibility index (Phi) is 3.14. The Morgan fingerprint density at radius 1 is 1.42 bits per heavy atom. The third-order valence-corrected chi connectivity index (χ3v) is 3.68. The molecule has 0 saturated carbocycles. The van der Waals surface area contributed by atoms with Crippen molar-refractivity contribution >= 4 is 11.3 Å². The Hall–Kier alpha value is -1.62. The summed E-state index contributed by atoms with van der Waals surface area (Å²) in [5.41, 5.74) is 2.10. The molecule has 3 heterocycles. The lowest BCUT2D eigenvalue weighted by Gasteiger charge is -2.31. The molecule has 1 N–H and O–H groups in total. The minimum atomic E-state index is -0.247. The van der Waals surface area contributed by atoms with Gasteiger partial charge in [0.05, 0.1) is 11.8 Å². The number of nitrogens with zero attached hydrogens (tertiary/aromatic N) is 4. The molecule has 0 aliphatic carbocycles. The van der Waals surface area contributed by atoms with Crippen LogP contribution in [0.15, 0.2) is 18.5 Å². The van der Waals surface area contributed by atoms with E-state index in [1.807, 2.05) is 10.7 Å². The van der Waals surface area contributed by atoms with Crippen LogP contribution in [0.5, 0.6) is 0 Å². The van der Waals surface area contributed by atoms with E-state index < -0.39 is 0 Å². The van der Waals surface area contributed by atoms with Gasteiger partial charge in [0.25, 0.3) is 0 Å². The van der Waals surface area contributed by atoms with Gasteiger partial charge in [-0.3, -0.25) is 0 Å². The maximum Gasteiger partial charge on any atom is 0.154 e. The molecule has 3 rings (SSSR count).